The van der Waals surface area contributed by atoms with Gasteiger partial charge in [-0.1, -0.05) is 6.07 Å². The Morgan fingerprint density at radius 3 is 2.79 bits per heavy atom. The lowest BCUT2D eigenvalue weighted by atomic mass is 10.1. The molecule has 2 aromatic heterocycles. The maximum Gasteiger partial charge on any atom is 0.276 e. The molecule has 1 saturated heterocycles. The first-order valence-corrected chi connectivity index (χ1v) is 10.7. The minimum atomic E-state index is -0.265. The van der Waals surface area contributed by atoms with Crippen molar-refractivity contribution in [3.8, 4) is 0 Å². The van der Waals surface area contributed by atoms with Crippen LogP contribution in [0, 0.1) is 0 Å². The molecule has 2 atom stereocenters. The fourth-order valence-corrected chi connectivity index (χ4v) is 4.81. The molecule has 9 heteroatoms. The second kappa shape index (κ2) is 8.56. The molecule has 2 aromatic rings. The smallest absolute Gasteiger partial charge is 0.276 e. The second-order valence-electron chi connectivity index (χ2n) is 7.57. The Morgan fingerprint density at radius 1 is 1.28 bits per heavy atom. The van der Waals surface area contributed by atoms with Gasteiger partial charge in [-0.2, -0.15) is 0 Å². The number of pyridine rings is 1. The largest absolute Gasteiger partial charge is 0.372 e. The van der Waals surface area contributed by atoms with Crippen molar-refractivity contribution >= 4 is 28.3 Å². The van der Waals surface area contributed by atoms with Gasteiger partial charge >= 0.3 is 0 Å². The summed E-state index contributed by atoms with van der Waals surface area (Å²) in [6.45, 7) is 7.15. The fraction of sp³-hybridized carbons (Fsp3) is 0.500. The average molecular weight is 416 g/mol. The number of carbonyl (C=O) groups is 2. The molecule has 8 nitrogen and oxygen atoms in total. The Kier molecular flexibility index (Phi) is 5.89. The van der Waals surface area contributed by atoms with Crippen LogP contribution in [0.15, 0.2) is 24.4 Å². The predicted octanol–water partition coefficient (Wildman–Crippen LogP) is 1.78. The molecule has 2 aliphatic heterocycles. The first-order valence-electron chi connectivity index (χ1n) is 9.84. The van der Waals surface area contributed by atoms with Crippen LogP contribution in [0.4, 0.5) is 5.13 Å². The summed E-state index contributed by atoms with van der Waals surface area (Å²) >= 11 is 1.47. The fourth-order valence-electron chi connectivity index (χ4n) is 3.77. The number of aromatic nitrogens is 2. The molecule has 29 heavy (non-hydrogen) atoms. The number of nitrogens with one attached hydrogen (secondary N) is 1. The maximum atomic E-state index is 12.7. The molecule has 2 amide bonds. The molecular weight excluding hydrogens is 390 g/mol. The minimum absolute atomic E-state index is 0.0717. The van der Waals surface area contributed by atoms with Crippen molar-refractivity contribution in [1.29, 1.82) is 0 Å². The van der Waals surface area contributed by atoms with Crippen molar-refractivity contribution in [3.05, 3.63) is 40.7 Å². The summed E-state index contributed by atoms with van der Waals surface area (Å²) in [5.41, 5.74) is 1.37. The van der Waals surface area contributed by atoms with E-state index in [4.69, 9.17) is 4.74 Å². The Morgan fingerprint density at radius 2 is 2.07 bits per heavy atom. The number of thiazole rings is 1. The van der Waals surface area contributed by atoms with E-state index >= 15 is 0 Å². The Labute approximate surface area is 173 Å². The molecule has 0 spiro atoms. The third-order valence-electron chi connectivity index (χ3n) is 5.06. The van der Waals surface area contributed by atoms with Gasteiger partial charge in [0.05, 0.1) is 24.4 Å². The van der Waals surface area contributed by atoms with Gasteiger partial charge in [0.25, 0.3) is 5.91 Å². The Balaban J connectivity index is 1.35. The van der Waals surface area contributed by atoms with Gasteiger partial charge in [0.2, 0.25) is 5.91 Å². The van der Waals surface area contributed by atoms with Gasteiger partial charge in [0.15, 0.2) is 5.13 Å². The number of nitrogens with zero attached hydrogens (tertiary/aromatic N) is 4. The zero-order chi connectivity index (χ0) is 20.4. The van der Waals surface area contributed by atoms with Crippen LogP contribution in [0.3, 0.4) is 0 Å². The van der Waals surface area contributed by atoms with Gasteiger partial charge in [0.1, 0.15) is 5.69 Å². The number of anilines is 1. The Hall–Kier alpha value is -2.36. The monoisotopic (exact) mass is 415 g/mol. The summed E-state index contributed by atoms with van der Waals surface area (Å²) in [4.78, 5) is 38.8. The summed E-state index contributed by atoms with van der Waals surface area (Å²) in [6, 6.07) is 5.22. The molecule has 0 aliphatic carbocycles. The molecule has 0 bridgehead atoms. The first kappa shape index (κ1) is 19.9. The molecule has 0 aromatic carbocycles. The van der Waals surface area contributed by atoms with E-state index in [1.54, 1.807) is 24.4 Å². The van der Waals surface area contributed by atoms with E-state index in [9.17, 15) is 9.59 Å². The number of hydrogen-bond acceptors (Lipinski definition) is 7. The zero-order valence-electron chi connectivity index (χ0n) is 16.6. The number of ether oxygens (including phenoxy) is 1. The van der Waals surface area contributed by atoms with Crippen LogP contribution < -0.4 is 5.32 Å². The van der Waals surface area contributed by atoms with Gasteiger partial charge < -0.3 is 9.64 Å². The van der Waals surface area contributed by atoms with Crippen LogP contribution >= 0.6 is 11.3 Å². The summed E-state index contributed by atoms with van der Waals surface area (Å²) < 4.78 is 5.72. The maximum absolute atomic E-state index is 12.7. The first-order chi connectivity index (χ1) is 14.0. The molecule has 4 heterocycles. The van der Waals surface area contributed by atoms with Crippen LogP contribution in [0.25, 0.3) is 0 Å². The molecule has 0 radical (unpaired) electrons. The van der Waals surface area contributed by atoms with Gasteiger partial charge in [-0.05, 0) is 26.0 Å². The molecule has 2 unspecified atom stereocenters. The van der Waals surface area contributed by atoms with Gasteiger partial charge in [-0.3, -0.25) is 24.8 Å². The number of amides is 2. The molecular formula is C20H25N5O3S. The van der Waals surface area contributed by atoms with E-state index in [0.29, 0.717) is 37.0 Å². The van der Waals surface area contributed by atoms with Crippen LogP contribution in [-0.4, -0.2) is 70.0 Å². The number of morpholine rings is 1. The highest BCUT2D eigenvalue weighted by Gasteiger charge is 2.29. The Bertz CT molecular complexity index is 877. The standard InChI is InChI=1S/C20H25N5O3S/c1-13-9-25(10-14(2)28-13)18(26)12-24-8-6-15-17(11-24)29-20(22-15)23-19(27)16-5-3-4-7-21-16/h3-5,7,13-14H,6,8-12H2,1-2H3,(H,22,23,27). The average Bonchev–Trinajstić information content (AvgIpc) is 3.09. The molecule has 1 fully saturated rings. The summed E-state index contributed by atoms with van der Waals surface area (Å²) in [6.07, 6.45) is 2.51. The predicted molar refractivity (Wildman–Crippen MR) is 110 cm³/mol. The van der Waals surface area contributed by atoms with Crippen LogP contribution in [0.1, 0.15) is 34.9 Å². The number of hydrogen-bond donors (Lipinski definition) is 1. The van der Waals surface area contributed by atoms with Gasteiger partial charge in [-0.15, -0.1) is 11.3 Å². The topological polar surface area (TPSA) is 87.7 Å². The lowest BCUT2D eigenvalue weighted by Gasteiger charge is -2.36. The number of carbonyl (C=O) groups excluding carboxylic acids is 2. The lowest BCUT2D eigenvalue weighted by Crippen LogP contribution is -2.51. The quantitative estimate of drug-likeness (QED) is 0.819. The molecule has 0 saturated carbocycles. The van der Waals surface area contributed by atoms with E-state index in [-0.39, 0.29) is 24.0 Å². The summed E-state index contributed by atoms with van der Waals surface area (Å²) in [7, 11) is 0. The second-order valence-corrected chi connectivity index (χ2v) is 8.66. The van der Waals surface area contributed by atoms with Crippen LogP contribution in [-0.2, 0) is 22.5 Å². The highest BCUT2D eigenvalue weighted by Crippen LogP contribution is 2.28. The highest BCUT2D eigenvalue weighted by molar-refractivity contribution is 7.15. The summed E-state index contributed by atoms with van der Waals surface area (Å²) in [5, 5.41) is 3.41. The van der Waals surface area contributed by atoms with E-state index in [2.05, 4.69) is 20.2 Å². The van der Waals surface area contributed by atoms with Gasteiger partial charge in [-0.25, -0.2) is 4.98 Å². The van der Waals surface area contributed by atoms with E-state index < -0.39 is 0 Å². The third-order valence-corrected chi connectivity index (χ3v) is 6.06. The third kappa shape index (κ3) is 4.80. The molecule has 2 aliphatic rings. The molecule has 154 valence electrons. The summed E-state index contributed by atoms with van der Waals surface area (Å²) in [5.74, 6) is -0.122. The van der Waals surface area contributed by atoms with Crippen molar-refractivity contribution in [2.75, 3.05) is 31.5 Å². The molecule has 1 N–H and O–H groups in total. The SMILES string of the molecule is CC1CN(C(=O)CN2CCc3nc(NC(=O)c4ccccn4)sc3C2)CC(C)O1. The molecule has 4 rings (SSSR count). The van der Waals surface area contributed by atoms with Crippen molar-refractivity contribution in [2.45, 2.75) is 39.0 Å². The van der Waals surface area contributed by atoms with E-state index in [1.165, 1.54) is 11.3 Å². The zero-order valence-corrected chi connectivity index (χ0v) is 17.4. The van der Waals surface area contributed by atoms with Crippen LogP contribution in [0.5, 0.6) is 0 Å². The van der Waals surface area contributed by atoms with E-state index in [0.717, 1.165) is 23.5 Å². The van der Waals surface area contributed by atoms with Crippen LogP contribution in [0.2, 0.25) is 0 Å². The highest BCUT2D eigenvalue weighted by atomic mass is 32.1. The van der Waals surface area contributed by atoms with Gasteiger partial charge in [0, 0.05) is 43.7 Å². The van der Waals surface area contributed by atoms with Crippen molar-refractivity contribution < 1.29 is 14.3 Å². The lowest BCUT2D eigenvalue weighted by molar-refractivity contribution is -0.144. The number of fused-ring (bicyclic) bond motifs is 1. The van der Waals surface area contributed by atoms with Crippen molar-refractivity contribution in [3.63, 3.8) is 0 Å². The van der Waals surface area contributed by atoms with E-state index in [1.807, 2.05) is 18.7 Å². The van der Waals surface area contributed by atoms with Crippen molar-refractivity contribution in [2.24, 2.45) is 0 Å². The minimum Gasteiger partial charge on any atom is -0.372 e. The number of rotatable bonds is 4. The van der Waals surface area contributed by atoms with Crippen molar-refractivity contribution in [1.82, 2.24) is 19.8 Å². The normalized spacial score (nSPS) is 22.2.